The summed E-state index contributed by atoms with van der Waals surface area (Å²) in [5.41, 5.74) is 1.09. The third-order valence-corrected chi connectivity index (χ3v) is 3.40. The van der Waals surface area contributed by atoms with Crippen LogP contribution in [0.25, 0.3) is 0 Å². The lowest BCUT2D eigenvalue weighted by molar-refractivity contribution is -0.125. The highest BCUT2D eigenvalue weighted by atomic mass is 35.5. The molecule has 4 heteroatoms. The Balaban J connectivity index is 2.61. The predicted octanol–water partition coefficient (Wildman–Crippen LogP) is 3.15. The number of carbonyl (C=O) groups excluding carboxylic acids is 1. The summed E-state index contributed by atoms with van der Waals surface area (Å²) < 4.78 is 0. The molecule has 1 amide bonds. The average Bonchev–Trinajstić information content (AvgIpc) is 2.42. The number of amides is 1. The molecule has 1 aromatic carbocycles. The maximum Gasteiger partial charge on any atom is 0.224 e. The Kier molecular flexibility index (Phi) is 6.89. The van der Waals surface area contributed by atoms with Crippen molar-refractivity contribution in [2.75, 3.05) is 13.1 Å². The van der Waals surface area contributed by atoms with Gasteiger partial charge in [0.1, 0.15) is 0 Å². The van der Waals surface area contributed by atoms with E-state index in [1.807, 2.05) is 38.1 Å². The molecule has 0 saturated carbocycles. The smallest absolute Gasteiger partial charge is 0.224 e. The summed E-state index contributed by atoms with van der Waals surface area (Å²) in [6.45, 7) is 7.62. The van der Waals surface area contributed by atoms with Crippen LogP contribution in [0.3, 0.4) is 0 Å². The maximum atomic E-state index is 12.1. The fourth-order valence-electron chi connectivity index (χ4n) is 1.88. The van der Waals surface area contributed by atoms with E-state index in [0.717, 1.165) is 18.5 Å². The lowest BCUT2D eigenvalue weighted by Gasteiger charge is -2.20. The normalized spacial score (nSPS) is 13.9. The molecule has 0 aliphatic carbocycles. The van der Waals surface area contributed by atoms with E-state index in [9.17, 15) is 4.79 Å². The average molecular weight is 283 g/mol. The quantitative estimate of drug-likeness (QED) is 0.807. The second-order valence-electron chi connectivity index (χ2n) is 4.73. The topological polar surface area (TPSA) is 41.1 Å². The van der Waals surface area contributed by atoms with Gasteiger partial charge in [-0.15, -0.1) is 0 Å². The number of hydrogen-bond acceptors (Lipinski definition) is 2. The van der Waals surface area contributed by atoms with Crippen molar-refractivity contribution < 1.29 is 4.79 Å². The zero-order valence-electron chi connectivity index (χ0n) is 11.9. The van der Waals surface area contributed by atoms with Crippen LogP contribution in [0.5, 0.6) is 0 Å². The second kappa shape index (κ2) is 8.18. The van der Waals surface area contributed by atoms with Gasteiger partial charge in [-0.2, -0.15) is 0 Å². The van der Waals surface area contributed by atoms with Crippen molar-refractivity contribution in [1.29, 1.82) is 0 Å². The van der Waals surface area contributed by atoms with E-state index in [1.54, 1.807) is 0 Å². The molecule has 2 unspecified atom stereocenters. The number of hydrogen-bond donors (Lipinski definition) is 2. The van der Waals surface area contributed by atoms with Crippen molar-refractivity contribution in [2.24, 2.45) is 5.92 Å². The van der Waals surface area contributed by atoms with Crippen LogP contribution < -0.4 is 10.6 Å². The van der Waals surface area contributed by atoms with E-state index in [4.69, 9.17) is 11.6 Å². The Labute approximate surface area is 120 Å². The van der Waals surface area contributed by atoms with Gasteiger partial charge in [0.15, 0.2) is 0 Å². The van der Waals surface area contributed by atoms with Crippen LogP contribution in [-0.2, 0) is 4.79 Å². The molecule has 1 aromatic rings. The Morgan fingerprint density at radius 2 is 1.89 bits per heavy atom. The Morgan fingerprint density at radius 1 is 1.26 bits per heavy atom. The van der Waals surface area contributed by atoms with Gasteiger partial charge in [0, 0.05) is 17.5 Å². The van der Waals surface area contributed by atoms with Crippen LogP contribution in [0.4, 0.5) is 0 Å². The fourth-order valence-corrected chi connectivity index (χ4v) is 2.01. The van der Waals surface area contributed by atoms with Gasteiger partial charge in [0.25, 0.3) is 0 Å². The largest absolute Gasteiger partial charge is 0.349 e. The molecule has 0 radical (unpaired) electrons. The number of benzene rings is 1. The molecule has 106 valence electrons. The molecule has 0 aliphatic heterocycles. The van der Waals surface area contributed by atoms with Crippen molar-refractivity contribution in [3.05, 3.63) is 34.9 Å². The summed E-state index contributed by atoms with van der Waals surface area (Å²) >= 11 is 5.88. The van der Waals surface area contributed by atoms with Gasteiger partial charge in [-0.1, -0.05) is 44.5 Å². The molecule has 0 spiro atoms. The zero-order valence-corrected chi connectivity index (χ0v) is 12.6. The molecule has 0 saturated heterocycles. The summed E-state index contributed by atoms with van der Waals surface area (Å²) in [7, 11) is 0. The molecule has 0 aromatic heterocycles. The molecule has 2 atom stereocenters. The zero-order chi connectivity index (χ0) is 14.3. The van der Waals surface area contributed by atoms with E-state index in [0.29, 0.717) is 11.6 Å². The summed E-state index contributed by atoms with van der Waals surface area (Å²) in [6.07, 6.45) is 0.862. The van der Waals surface area contributed by atoms with Gasteiger partial charge < -0.3 is 10.6 Å². The molecule has 3 nitrogen and oxygen atoms in total. The SMILES string of the molecule is CCNCC(C)C(=O)NC(CC)c1ccc(Cl)cc1. The predicted molar refractivity (Wildman–Crippen MR) is 80.3 cm³/mol. The number of rotatable bonds is 7. The lowest BCUT2D eigenvalue weighted by Crippen LogP contribution is -2.37. The highest BCUT2D eigenvalue weighted by molar-refractivity contribution is 6.30. The van der Waals surface area contributed by atoms with Gasteiger partial charge in [0.2, 0.25) is 5.91 Å². The monoisotopic (exact) mass is 282 g/mol. The standard InChI is InChI=1S/C15H23ClN2O/c1-4-14(12-6-8-13(16)9-7-12)18-15(19)11(3)10-17-5-2/h6-9,11,14,17H,4-5,10H2,1-3H3,(H,18,19). The van der Waals surface area contributed by atoms with E-state index < -0.39 is 0 Å². The minimum atomic E-state index is -0.0266. The lowest BCUT2D eigenvalue weighted by atomic mass is 10.0. The van der Waals surface area contributed by atoms with Crippen LogP contribution >= 0.6 is 11.6 Å². The van der Waals surface area contributed by atoms with Gasteiger partial charge in [-0.25, -0.2) is 0 Å². The fraction of sp³-hybridized carbons (Fsp3) is 0.533. The molecule has 0 fully saturated rings. The van der Waals surface area contributed by atoms with Gasteiger partial charge in [-0.3, -0.25) is 4.79 Å². The Morgan fingerprint density at radius 3 is 2.42 bits per heavy atom. The Bertz CT molecular complexity index is 392. The first kappa shape index (κ1) is 16.0. The van der Waals surface area contributed by atoms with Gasteiger partial charge in [0.05, 0.1) is 6.04 Å². The Hall–Kier alpha value is -1.06. The van der Waals surface area contributed by atoms with E-state index in [2.05, 4.69) is 17.6 Å². The highest BCUT2D eigenvalue weighted by Gasteiger charge is 2.17. The first-order valence-corrected chi connectivity index (χ1v) is 7.22. The van der Waals surface area contributed by atoms with Gasteiger partial charge in [-0.05, 0) is 30.7 Å². The van der Waals surface area contributed by atoms with Crippen molar-refractivity contribution in [2.45, 2.75) is 33.2 Å². The molecular weight excluding hydrogens is 260 g/mol. The summed E-state index contributed by atoms with van der Waals surface area (Å²) in [5.74, 6) is 0.0593. The van der Waals surface area contributed by atoms with Crippen LogP contribution in [0.15, 0.2) is 24.3 Å². The summed E-state index contributed by atoms with van der Waals surface area (Å²) in [4.78, 5) is 12.1. The highest BCUT2D eigenvalue weighted by Crippen LogP contribution is 2.19. The third kappa shape index (κ3) is 5.21. The minimum absolute atomic E-state index is 0.0266. The van der Waals surface area contributed by atoms with Crippen molar-refractivity contribution >= 4 is 17.5 Å². The van der Waals surface area contributed by atoms with Crippen LogP contribution in [0, 0.1) is 5.92 Å². The van der Waals surface area contributed by atoms with Crippen LogP contribution in [0.1, 0.15) is 38.8 Å². The molecular formula is C15H23ClN2O. The third-order valence-electron chi connectivity index (χ3n) is 3.15. The summed E-state index contributed by atoms with van der Waals surface area (Å²) in [6, 6.07) is 7.69. The molecule has 0 aliphatic rings. The minimum Gasteiger partial charge on any atom is -0.349 e. The molecule has 19 heavy (non-hydrogen) atoms. The van der Waals surface area contributed by atoms with Crippen LogP contribution in [-0.4, -0.2) is 19.0 Å². The van der Waals surface area contributed by atoms with Crippen molar-refractivity contribution in [1.82, 2.24) is 10.6 Å². The summed E-state index contributed by atoms with van der Waals surface area (Å²) in [5, 5.41) is 6.99. The first-order valence-electron chi connectivity index (χ1n) is 6.85. The van der Waals surface area contributed by atoms with Gasteiger partial charge >= 0.3 is 0 Å². The molecule has 2 N–H and O–H groups in total. The second-order valence-corrected chi connectivity index (χ2v) is 5.17. The number of nitrogens with one attached hydrogen (secondary N) is 2. The van der Waals surface area contributed by atoms with Crippen molar-refractivity contribution in [3.8, 4) is 0 Å². The van der Waals surface area contributed by atoms with E-state index in [1.165, 1.54) is 0 Å². The number of carbonyl (C=O) groups is 1. The first-order chi connectivity index (χ1) is 9.08. The molecule has 0 bridgehead atoms. The van der Waals surface area contributed by atoms with E-state index in [-0.39, 0.29) is 17.9 Å². The van der Waals surface area contributed by atoms with Crippen LogP contribution in [0.2, 0.25) is 5.02 Å². The van der Waals surface area contributed by atoms with Crippen molar-refractivity contribution in [3.63, 3.8) is 0 Å². The maximum absolute atomic E-state index is 12.1. The number of halogens is 1. The molecule has 0 heterocycles. The molecule has 1 rings (SSSR count). The van der Waals surface area contributed by atoms with E-state index >= 15 is 0 Å².